The standard InChI is InChI=1S/C14H24N4O3/c1-3-11(4-5-13(19)20)6-7-15-14(21)16-8-12-9-17-18-10(12)2/h9,11H,3-8H2,1-2H3,(H,17,18)(H,19,20)(H2,15,16,21). The first-order valence-corrected chi connectivity index (χ1v) is 7.25. The second-order valence-electron chi connectivity index (χ2n) is 5.13. The molecular weight excluding hydrogens is 272 g/mol. The number of H-pyrrole nitrogens is 1. The molecule has 1 aromatic rings. The molecule has 4 N–H and O–H groups in total. The van der Waals surface area contributed by atoms with Gasteiger partial charge in [0.15, 0.2) is 0 Å². The van der Waals surface area contributed by atoms with Crippen molar-refractivity contribution in [3.05, 3.63) is 17.5 Å². The van der Waals surface area contributed by atoms with Crippen LogP contribution in [0.4, 0.5) is 4.79 Å². The van der Waals surface area contributed by atoms with Gasteiger partial charge in [0.25, 0.3) is 0 Å². The Morgan fingerprint density at radius 1 is 1.38 bits per heavy atom. The number of aromatic amines is 1. The number of rotatable bonds is 9. The fourth-order valence-corrected chi connectivity index (χ4v) is 2.06. The van der Waals surface area contributed by atoms with Crippen LogP contribution < -0.4 is 10.6 Å². The minimum Gasteiger partial charge on any atom is -0.481 e. The summed E-state index contributed by atoms with van der Waals surface area (Å²) in [5.74, 6) is -0.438. The molecule has 0 fully saturated rings. The average Bonchev–Trinajstić information content (AvgIpc) is 2.85. The quantitative estimate of drug-likeness (QED) is 0.557. The Kier molecular flexibility index (Phi) is 7.28. The van der Waals surface area contributed by atoms with Crippen molar-refractivity contribution in [1.29, 1.82) is 0 Å². The third kappa shape index (κ3) is 6.78. The maximum Gasteiger partial charge on any atom is 0.315 e. The second kappa shape index (κ2) is 8.99. The summed E-state index contributed by atoms with van der Waals surface area (Å²) in [6, 6.07) is -0.219. The van der Waals surface area contributed by atoms with Gasteiger partial charge < -0.3 is 15.7 Å². The number of carboxylic acids is 1. The molecule has 2 amide bonds. The number of nitrogens with zero attached hydrogens (tertiary/aromatic N) is 1. The van der Waals surface area contributed by atoms with Crippen LogP contribution in [0, 0.1) is 12.8 Å². The fraction of sp³-hybridized carbons (Fsp3) is 0.643. The zero-order chi connectivity index (χ0) is 15.7. The Morgan fingerprint density at radius 2 is 2.14 bits per heavy atom. The summed E-state index contributed by atoms with van der Waals surface area (Å²) < 4.78 is 0. The molecule has 1 aromatic heterocycles. The number of aromatic nitrogens is 2. The number of carbonyl (C=O) groups is 2. The minimum atomic E-state index is -0.769. The predicted molar refractivity (Wildman–Crippen MR) is 78.8 cm³/mol. The molecule has 1 heterocycles. The molecule has 0 bridgehead atoms. The first-order chi connectivity index (χ1) is 10.0. The lowest BCUT2D eigenvalue weighted by Gasteiger charge is -2.14. The van der Waals surface area contributed by atoms with E-state index in [2.05, 4.69) is 20.8 Å². The Labute approximate surface area is 124 Å². The van der Waals surface area contributed by atoms with E-state index in [1.54, 1.807) is 6.20 Å². The van der Waals surface area contributed by atoms with Crippen LogP contribution in [-0.2, 0) is 11.3 Å². The number of hydrogen-bond donors (Lipinski definition) is 4. The molecule has 0 saturated heterocycles. The van der Waals surface area contributed by atoms with E-state index in [0.717, 1.165) is 24.1 Å². The van der Waals surface area contributed by atoms with E-state index in [0.29, 0.717) is 25.4 Å². The van der Waals surface area contributed by atoms with Gasteiger partial charge in [-0.25, -0.2) is 4.79 Å². The molecule has 1 atom stereocenters. The largest absolute Gasteiger partial charge is 0.481 e. The minimum absolute atomic E-state index is 0.185. The molecule has 0 spiro atoms. The van der Waals surface area contributed by atoms with E-state index in [4.69, 9.17) is 5.11 Å². The van der Waals surface area contributed by atoms with Crippen LogP contribution in [0.1, 0.15) is 43.9 Å². The highest BCUT2D eigenvalue weighted by Gasteiger charge is 2.10. The molecule has 0 aliphatic heterocycles. The van der Waals surface area contributed by atoms with Crippen molar-refractivity contribution in [3.63, 3.8) is 0 Å². The maximum atomic E-state index is 11.6. The zero-order valence-electron chi connectivity index (χ0n) is 12.6. The zero-order valence-corrected chi connectivity index (χ0v) is 12.6. The summed E-state index contributed by atoms with van der Waals surface area (Å²) in [6.45, 7) is 4.92. The van der Waals surface area contributed by atoms with Crippen molar-refractivity contribution in [2.45, 2.75) is 46.1 Å². The molecular formula is C14H24N4O3. The van der Waals surface area contributed by atoms with Crippen LogP contribution in [0.3, 0.4) is 0 Å². The Balaban J connectivity index is 2.17. The van der Waals surface area contributed by atoms with Crippen LogP contribution in [0.2, 0.25) is 0 Å². The molecule has 0 aliphatic rings. The van der Waals surface area contributed by atoms with E-state index in [9.17, 15) is 9.59 Å². The molecule has 0 aromatic carbocycles. The molecule has 7 heteroatoms. The van der Waals surface area contributed by atoms with Gasteiger partial charge in [-0.05, 0) is 25.7 Å². The molecule has 1 unspecified atom stereocenters. The Bertz CT molecular complexity index is 459. The van der Waals surface area contributed by atoms with Crippen LogP contribution in [0.15, 0.2) is 6.20 Å². The second-order valence-corrected chi connectivity index (χ2v) is 5.13. The third-order valence-corrected chi connectivity index (χ3v) is 3.56. The number of aryl methyl sites for hydroxylation is 1. The molecule has 21 heavy (non-hydrogen) atoms. The normalized spacial score (nSPS) is 11.9. The topological polar surface area (TPSA) is 107 Å². The molecule has 0 radical (unpaired) electrons. The molecule has 7 nitrogen and oxygen atoms in total. The number of nitrogens with one attached hydrogen (secondary N) is 3. The summed E-state index contributed by atoms with van der Waals surface area (Å²) in [5, 5.41) is 20.9. The summed E-state index contributed by atoms with van der Waals surface area (Å²) in [6.07, 6.45) is 4.25. The van der Waals surface area contributed by atoms with Crippen LogP contribution in [0.25, 0.3) is 0 Å². The van der Waals surface area contributed by atoms with Gasteiger partial charge >= 0.3 is 12.0 Å². The maximum absolute atomic E-state index is 11.6. The number of carbonyl (C=O) groups excluding carboxylic acids is 1. The highest BCUT2D eigenvalue weighted by atomic mass is 16.4. The van der Waals surface area contributed by atoms with E-state index < -0.39 is 5.97 Å². The van der Waals surface area contributed by atoms with Crippen LogP contribution in [-0.4, -0.2) is 33.8 Å². The number of urea groups is 1. The Hall–Kier alpha value is -2.05. The van der Waals surface area contributed by atoms with Crippen molar-refractivity contribution < 1.29 is 14.7 Å². The van der Waals surface area contributed by atoms with E-state index >= 15 is 0 Å². The van der Waals surface area contributed by atoms with E-state index in [-0.39, 0.29) is 12.5 Å². The van der Waals surface area contributed by atoms with E-state index in [1.165, 1.54) is 0 Å². The monoisotopic (exact) mass is 296 g/mol. The number of hydrogen-bond acceptors (Lipinski definition) is 3. The van der Waals surface area contributed by atoms with Gasteiger partial charge in [-0.15, -0.1) is 0 Å². The van der Waals surface area contributed by atoms with Crippen molar-refractivity contribution in [2.75, 3.05) is 6.54 Å². The lowest BCUT2D eigenvalue weighted by Crippen LogP contribution is -2.36. The fourth-order valence-electron chi connectivity index (χ4n) is 2.06. The first kappa shape index (κ1) is 17.0. The highest BCUT2D eigenvalue weighted by molar-refractivity contribution is 5.73. The smallest absolute Gasteiger partial charge is 0.315 e. The van der Waals surface area contributed by atoms with Crippen molar-refractivity contribution in [2.24, 2.45) is 5.92 Å². The van der Waals surface area contributed by atoms with Gasteiger partial charge in [-0.1, -0.05) is 13.3 Å². The van der Waals surface area contributed by atoms with Gasteiger partial charge in [0.2, 0.25) is 0 Å². The van der Waals surface area contributed by atoms with Crippen molar-refractivity contribution >= 4 is 12.0 Å². The third-order valence-electron chi connectivity index (χ3n) is 3.56. The molecule has 0 aliphatic carbocycles. The number of aliphatic carboxylic acids is 1. The Morgan fingerprint density at radius 3 is 2.71 bits per heavy atom. The SMILES string of the molecule is CCC(CCNC(=O)NCc1cn[nH]c1C)CCC(=O)O. The number of carboxylic acid groups (broad SMARTS) is 1. The lowest BCUT2D eigenvalue weighted by atomic mass is 9.97. The van der Waals surface area contributed by atoms with Crippen molar-refractivity contribution in [1.82, 2.24) is 20.8 Å². The highest BCUT2D eigenvalue weighted by Crippen LogP contribution is 2.14. The molecule has 118 valence electrons. The average molecular weight is 296 g/mol. The summed E-state index contributed by atoms with van der Waals surface area (Å²) in [5.41, 5.74) is 1.90. The summed E-state index contributed by atoms with van der Waals surface area (Å²) >= 11 is 0. The first-order valence-electron chi connectivity index (χ1n) is 7.25. The van der Waals surface area contributed by atoms with Gasteiger partial charge in [-0.3, -0.25) is 9.89 Å². The molecule has 0 saturated carbocycles. The summed E-state index contributed by atoms with van der Waals surface area (Å²) in [4.78, 5) is 22.2. The van der Waals surface area contributed by atoms with Gasteiger partial charge in [0, 0.05) is 30.8 Å². The number of amides is 2. The van der Waals surface area contributed by atoms with Gasteiger partial charge in [0.05, 0.1) is 6.20 Å². The van der Waals surface area contributed by atoms with Gasteiger partial charge in [-0.2, -0.15) is 5.10 Å². The lowest BCUT2D eigenvalue weighted by molar-refractivity contribution is -0.137. The summed E-state index contributed by atoms with van der Waals surface area (Å²) in [7, 11) is 0. The van der Waals surface area contributed by atoms with Crippen LogP contribution in [0.5, 0.6) is 0 Å². The van der Waals surface area contributed by atoms with Crippen LogP contribution >= 0.6 is 0 Å². The van der Waals surface area contributed by atoms with E-state index in [1.807, 2.05) is 13.8 Å². The van der Waals surface area contributed by atoms with Gasteiger partial charge in [0.1, 0.15) is 0 Å². The molecule has 1 rings (SSSR count). The predicted octanol–water partition coefficient (Wildman–Crippen LogP) is 1.80. The van der Waals surface area contributed by atoms with Crippen molar-refractivity contribution in [3.8, 4) is 0 Å².